The average molecular weight is 308 g/mol. The Hall–Kier alpha value is -2.34. The fourth-order valence-corrected chi connectivity index (χ4v) is 2.32. The fraction of sp³-hybridized carbons (Fsp3) is 0.214. The predicted molar refractivity (Wildman–Crippen MR) is 79.0 cm³/mol. The lowest BCUT2D eigenvalue weighted by Gasteiger charge is -2.07. The lowest BCUT2D eigenvalue weighted by atomic mass is 10.1. The van der Waals surface area contributed by atoms with Gasteiger partial charge in [-0.25, -0.2) is 4.79 Å². The molecule has 0 aliphatic rings. The Morgan fingerprint density at radius 2 is 1.95 bits per heavy atom. The van der Waals surface area contributed by atoms with E-state index in [1.807, 2.05) is 0 Å². The van der Waals surface area contributed by atoms with Crippen molar-refractivity contribution in [3.63, 3.8) is 0 Å². The van der Waals surface area contributed by atoms with Crippen LogP contribution in [0.15, 0.2) is 18.2 Å². The van der Waals surface area contributed by atoms with Gasteiger partial charge in [0, 0.05) is 23.5 Å². The number of halogens is 1. The highest BCUT2D eigenvalue weighted by Crippen LogP contribution is 2.21. The number of anilines is 1. The monoisotopic (exact) mass is 307 g/mol. The molecule has 0 saturated heterocycles. The van der Waals surface area contributed by atoms with Crippen molar-refractivity contribution >= 4 is 29.2 Å². The molecule has 0 bridgehead atoms. The molecule has 2 N–H and O–H groups in total. The summed E-state index contributed by atoms with van der Waals surface area (Å²) in [5, 5.41) is 16.1. The maximum atomic E-state index is 12.3. The number of aromatic nitrogens is 2. The number of amides is 1. The van der Waals surface area contributed by atoms with Crippen molar-refractivity contribution in [3.8, 4) is 0 Å². The van der Waals surface area contributed by atoms with Gasteiger partial charge in [-0.3, -0.25) is 9.48 Å². The normalized spacial score (nSPS) is 10.5. The molecule has 2 aromatic rings. The van der Waals surface area contributed by atoms with Crippen molar-refractivity contribution in [2.45, 2.75) is 13.8 Å². The Morgan fingerprint density at radius 1 is 1.29 bits per heavy atom. The highest BCUT2D eigenvalue weighted by atomic mass is 35.5. The summed E-state index contributed by atoms with van der Waals surface area (Å²) >= 11 is 5.86. The Kier molecular flexibility index (Phi) is 3.99. The summed E-state index contributed by atoms with van der Waals surface area (Å²) in [6.07, 6.45) is 0. The van der Waals surface area contributed by atoms with Crippen LogP contribution < -0.4 is 5.32 Å². The Bertz CT molecular complexity index is 737. The first-order valence-electron chi connectivity index (χ1n) is 6.15. The summed E-state index contributed by atoms with van der Waals surface area (Å²) in [6.45, 7) is 3.53. The zero-order valence-corrected chi connectivity index (χ0v) is 12.5. The van der Waals surface area contributed by atoms with Crippen molar-refractivity contribution in [1.82, 2.24) is 9.78 Å². The van der Waals surface area contributed by atoms with Gasteiger partial charge in [0.25, 0.3) is 5.91 Å². The molecule has 0 aliphatic carbocycles. The first-order valence-corrected chi connectivity index (χ1v) is 6.53. The molecule has 21 heavy (non-hydrogen) atoms. The third-order valence-electron chi connectivity index (χ3n) is 3.14. The van der Waals surface area contributed by atoms with E-state index in [4.69, 9.17) is 16.7 Å². The fourth-order valence-electron chi connectivity index (χ4n) is 2.08. The lowest BCUT2D eigenvalue weighted by Crippen LogP contribution is -2.14. The number of rotatable bonds is 3. The van der Waals surface area contributed by atoms with E-state index in [1.54, 1.807) is 25.6 Å². The molecule has 1 heterocycles. The van der Waals surface area contributed by atoms with Crippen molar-refractivity contribution in [2.75, 3.05) is 5.32 Å². The molecule has 1 aromatic heterocycles. The van der Waals surface area contributed by atoms with Gasteiger partial charge in [0.05, 0.1) is 16.8 Å². The van der Waals surface area contributed by atoms with Crippen LogP contribution in [0.5, 0.6) is 0 Å². The Labute approximate surface area is 126 Å². The molecule has 2 rings (SSSR count). The maximum absolute atomic E-state index is 12.3. The molecule has 1 aromatic carbocycles. The number of aryl methyl sites for hydroxylation is 2. The van der Waals surface area contributed by atoms with Crippen LogP contribution in [0, 0.1) is 13.8 Å². The van der Waals surface area contributed by atoms with Crippen molar-refractivity contribution in [3.05, 3.63) is 45.7 Å². The summed E-state index contributed by atoms with van der Waals surface area (Å²) in [7, 11) is 1.75. The second-order valence-corrected chi connectivity index (χ2v) is 5.09. The third-order valence-corrected chi connectivity index (χ3v) is 3.36. The minimum Gasteiger partial charge on any atom is -0.478 e. The van der Waals surface area contributed by atoms with Crippen LogP contribution >= 0.6 is 11.6 Å². The first-order chi connectivity index (χ1) is 9.79. The van der Waals surface area contributed by atoms with E-state index in [-0.39, 0.29) is 16.5 Å². The zero-order chi connectivity index (χ0) is 15.7. The van der Waals surface area contributed by atoms with Gasteiger partial charge in [0.1, 0.15) is 0 Å². The minimum absolute atomic E-state index is 0.0115. The third kappa shape index (κ3) is 3.05. The van der Waals surface area contributed by atoms with Crippen LogP contribution in [0.1, 0.15) is 32.1 Å². The van der Waals surface area contributed by atoms with Crippen LogP contribution in [-0.4, -0.2) is 26.8 Å². The smallest absolute Gasteiger partial charge is 0.335 e. The lowest BCUT2D eigenvalue weighted by molar-refractivity contribution is 0.0696. The quantitative estimate of drug-likeness (QED) is 0.913. The number of carboxylic acid groups (broad SMARTS) is 1. The first kappa shape index (κ1) is 15.1. The van der Waals surface area contributed by atoms with Crippen molar-refractivity contribution < 1.29 is 14.7 Å². The SMILES string of the molecule is Cc1nn(C)c(C)c1C(=O)Nc1cc(Cl)cc(C(=O)O)c1. The van der Waals surface area contributed by atoms with Gasteiger partial charge in [-0.2, -0.15) is 5.10 Å². The number of nitrogens with one attached hydrogen (secondary N) is 1. The molecule has 6 nitrogen and oxygen atoms in total. The van der Waals surface area contributed by atoms with E-state index >= 15 is 0 Å². The molecule has 1 amide bonds. The number of benzene rings is 1. The molecule has 7 heteroatoms. The molecule has 0 atom stereocenters. The van der Waals surface area contributed by atoms with Crippen LogP contribution in [0.3, 0.4) is 0 Å². The molecule has 0 radical (unpaired) electrons. The molecular weight excluding hydrogens is 294 g/mol. The van der Waals surface area contributed by atoms with Crippen LogP contribution in [-0.2, 0) is 7.05 Å². The number of aromatic carboxylic acids is 1. The van der Waals surface area contributed by atoms with E-state index in [1.165, 1.54) is 18.2 Å². The molecule has 110 valence electrons. The standard InChI is InChI=1S/C14H14ClN3O3/c1-7-12(8(2)18(3)17-7)13(19)16-11-5-9(14(20)21)4-10(15)6-11/h4-6H,1-3H3,(H,16,19)(H,20,21). The van der Waals surface area contributed by atoms with E-state index in [2.05, 4.69) is 10.4 Å². The largest absolute Gasteiger partial charge is 0.478 e. The summed E-state index contributed by atoms with van der Waals surface area (Å²) in [4.78, 5) is 23.3. The highest BCUT2D eigenvalue weighted by molar-refractivity contribution is 6.31. The van der Waals surface area contributed by atoms with E-state index in [0.717, 1.165) is 5.69 Å². The number of hydrogen-bond acceptors (Lipinski definition) is 3. The maximum Gasteiger partial charge on any atom is 0.335 e. The second-order valence-electron chi connectivity index (χ2n) is 4.66. The zero-order valence-electron chi connectivity index (χ0n) is 11.8. The molecule has 0 aliphatic heterocycles. The molecule has 0 spiro atoms. The van der Waals surface area contributed by atoms with Crippen LogP contribution in [0.2, 0.25) is 5.02 Å². The average Bonchev–Trinajstić information content (AvgIpc) is 2.62. The number of carbonyl (C=O) groups excluding carboxylic acids is 1. The minimum atomic E-state index is -1.11. The Morgan fingerprint density at radius 3 is 2.48 bits per heavy atom. The van der Waals surface area contributed by atoms with Crippen LogP contribution in [0.25, 0.3) is 0 Å². The molecule has 0 fully saturated rings. The van der Waals surface area contributed by atoms with Gasteiger partial charge in [-0.05, 0) is 32.0 Å². The summed E-state index contributed by atoms with van der Waals surface area (Å²) in [5.74, 6) is -1.46. The number of carbonyl (C=O) groups is 2. The summed E-state index contributed by atoms with van der Waals surface area (Å²) in [5.41, 5.74) is 2.14. The van der Waals surface area contributed by atoms with E-state index in [9.17, 15) is 9.59 Å². The number of carboxylic acids is 1. The number of hydrogen-bond donors (Lipinski definition) is 2. The van der Waals surface area contributed by atoms with Crippen molar-refractivity contribution in [1.29, 1.82) is 0 Å². The molecular formula is C14H14ClN3O3. The van der Waals surface area contributed by atoms with E-state index < -0.39 is 5.97 Å². The Balaban J connectivity index is 2.34. The number of nitrogens with zero attached hydrogens (tertiary/aromatic N) is 2. The van der Waals surface area contributed by atoms with Gasteiger partial charge in [0.2, 0.25) is 0 Å². The predicted octanol–water partition coefficient (Wildman–Crippen LogP) is 2.64. The van der Waals surface area contributed by atoms with Gasteiger partial charge in [0.15, 0.2) is 0 Å². The van der Waals surface area contributed by atoms with Gasteiger partial charge < -0.3 is 10.4 Å². The molecule has 0 unspecified atom stereocenters. The summed E-state index contributed by atoms with van der Waals surface area (Å²) < 4.78 is 1.62. The highest BCUT2D eigenvalue weighted by Gasteiger charge is 2.18. The second kappa shape index (κ2) is 5.57. The van der Waals surface area contributed by atoms with Gasteiger partial charge >= 0.3 is 5.97 Å². The van der Waals surface area contributed by atoms with E-state index in [0.29, 0.717) is 16.9 Å². The summed E-state index contributed by atoms with van der Waals surface area (Å²) in [6, 6.07) is 4.17. The van der Waals surface area contributed by atoms with Gasteiger partial charge in [-0.1, -0.05) is 11.6 Å². The molecule has 0 saturated carbocycles. The van der Waals surface area contributed by atoms with Gasteiger partial charge in [-0.15, -0.1) is 0 Å². The topological polar surface area (TPSA) is 84.2 Å². The van der Waals surface area contributed by atoms with Crippen molar-refractivity contribution in [2.24, 2.45) is 7.05 Å². The van der Waals surface area contributed by atoms with Crippen LogP contribution in [0.4, 0.5) is 5.69 Å².